The number of carbonyl (C=O) groups excluding carboxylic acids is 2. The normalized spacial score (nSPS) is 11.6. The molecule has 5 aromatic rings. The van der Waals surface area contributed by atoms with E-state index in [1.54, 1.807) is 41.2 Å². The quantitative estimate of drug-likeness (QED) is 0.203. The highest BCUT2D eigenvalue weighted by Gasteiger charge is 2.31. The van der Waals surface area contributed by atoms with E-state index >= 15 is 0 Å². The van der Waals surface area contributed by atoms with Crippen LogP contribution in [0.1, 0.15) is 28.8 Å². The van der Waals surface area contributed by atoms with E-state index in [2.05, 4.69) is 20.7 Å². The zero-order chi connectivity index (χ0) is 30.6. The number of hydrogen-bond acceptors (Lipinski definition) is 5. The molecule has 8 nitrogen and oxygen atoms in total. The molecule has 0 bridgehead atoms. The average molecular weight is 587 g/mol. The van der Waals surface area contributed by atoms with Crippen molar-refractivity contribution >= 4 is 28.8 Å². The van der Waals surface area contributed by atoms with Crippen LogP contribution in [0.2, 0.25) is 0 Å². The predicted octanol–water partition coefficient (Wildman–Crippen LogP) is 6.61. The zero-order valence-corrected chi connectivity index (χ0v) is 23.5. The molecule has 0 aliphatic carbocycles. The van der Waals surface area contributed by atoms with Gasteiger partial charge < -0.3 is 15.5 Å². The van der Waals surface area contributed by atoms with Crippen molar-refractivity contribution in [3.05, 3.63) is 102 Å². The van der Waals surface area contributed by atoms with Gasteiger partial charge in [-0.1, -0.05) is 30.3 Å². The lowest BCUT2D eigenvalue weighted by molar-refractivity contribution is -0.137. The molecule has 11 heteroatoms. The van der Waals surface area contributed by atoms with Gasteiger partial charge in [-0.25, -0.2) is 9.50 Å². The van der Waals surface area contributed by atoms with E-state index in [9.17, 15) is 22.8 Å². The van der Waals surface area contributed by atoms with E-state index < -0.39 is 17.6 Å². The van der Waals surface area contributed by atoms with E-state index in [0.717, 1.165) is 41.8 Å². The first-order chi connectivity index (χ1) is 20.6. The fourth-order valence-corrected chi connectivity index (χ4v) is 4.62. The number of anilines is 2. The number of hydrogen-bond donors (Lipinski definition) is 2. The second-order valence-electron chi connectivity index (χ2n) is 10.3. The lowest BCUT2D eigenvalue weighted by Gasteiger charge is -2.11. The Labute approximate surface area is 246 Å². The predicted molar refractivity (Wildman–Crippen MR) is 160 cm³/mol. The van der Waals surface area contributed by atoms with Gasteiger partial charge >= 0.3 is 6.18 Å². The van der Waals surface area contributed by atoms with Crippen molar-refractivity contribution in [2.24, 2.45) is 0 Å². The molecule has 0 spiro atoms. The largest absolute Gasteiger partial charge is 0.416 e. The molecule has 0 saturated heterocycles. The third kappa shape index (κ3) is 7.07. The van der Waals surface area contributed by atoms with Crippen LogP contribution in [0.5, 0.6) is 0 Å². The lowest BCUT2D eigenvalue weighted by Crippen LogP contribution is -2.17. The van der Waals surface area contributed by atoms with Crippen molar-refractivity contribution in [1.82, 2.24) is 19.5 Å². The minimum absolute atomic E-state index is 0.0369. The summed E-state index contributed by atoms with van der Waals surface area (Å²) in [4.78, 5) is 31.5. The summed E-state index contributed by atoms with van der Waals surface area (Å²) in [6.07, 6.45) is 0.0380. The lowest BCUT2D eigenvalue weighted by atomic mass is 10.1. The Hall–Kier alpha value is -5.03. The molecule has 2 aromatic heterocycles. The fraction of sp³-hybridized carbons (Fsp3) is 0.188. The van der Waals surface area contributed by atoms with Crippen molar-refractivity contribution in [2.75, 3.05) is 31.3 Å². The van der Waals surface area contributed by atoms with Crippen molar-refractivity contribution in [3.8, 4) is 22.4 Å². The number of carbonyl (C=O) groups is 2. The van der Waals surface area contributed by atoms with Crippen LogP contribution in [0.4, 0.5) is 24.5 Å². The molecule has 3 aromatic carbocycles. The molecule has 5 rings (SSSR count). The number of fused-ring (bicyclic) bond motifs is 1. The average Bonchev–Trinajstić information content (AvgIpc) is 3.41. The van der Waals surface area contributed by atoms with Gasteiger partial charge in [0.1, 0.15) is 0 Å². The van der Waals surface area contributed by atoms with Crippen LogP contribution >= 0.6 is 0 Å². The van der Waals surface area contributed by atoms with Crippen LogP contribution in [0, 0.1) is 0 Å². The van der Waals surface area contributed by atoms with Crippen molar-refractivity contribution in [2.45, 2.75) is 19.0 Å². The van der Waals surface area contributed by atoms with Crippen LogP contribution in [-0.4, -0.2) is 52.0 Å². The third-order valence-corrected chi connectivity index (χ3v) is 6.76. The molecular formula is C32H29F3N6O2. The first-order valence-electron chi connectivity index (χ1n) is 13.6. The Bertz CT molecular complexity index is 1760. The number of amides is 2. The monoisotopic (exact) mass is 586 g/mol. The minimum atomic E-state index is -4.55. The van der Waals surface area contributed by atoms with Crippen molar-refractivity contribution in [3.63, 3.8) is 0 Å². The summed E-state index contributed by atoms with van der Waals surface area (Å²) in [5.74, 6) is -0.692. The van der Waals surface area contributed by atoms with Crippen LogP contribution in [-0.2, 0) is 11.0 Å². The van der Waals surface area contributed by atoms with E-state index in [0.29, 0.717) is 29.1 Å². The maximum atomic E-state index is 13.1. The number of halogens is 3. The van der Waals surface area contributed by atoms with Gasteiger partial charge in [0.15, 0.2) is 5.65 Å². The number of aromatic nitrogens is 3. The van der Waals surface area contributed by atoms with E-state index in [1.807, 2.05) is 49.3 Å². The highest BCUT2D eigenvalue weighted by atomic mass is 19.4. The van der Waals surface area contributed by atoms with E-state index in [4.69, 9.17) is 0 Å². The number of rotatable bonds is 9. The Kier molecular flexibility index (Phi) is 8.53. The highest BCUT2D eigenvalue weighted by molar-refractivity contribution is 6.04. The van der Waals surface area contributed by atoms with Gasteiger partial charge in [0, 0.05) is 40.7 Å². The molecule has 2 N–H and O–H groups in total. The zero-order valence-electron chi connectivity index (χ0n) is 23.5. The van der Waals surface area contributed by atoms with Crippen LogP contribution in [0.15, 0.2) is 91.3 Å². The Balaban J connectivity index is 1.33. The molecule has 0 saturated carbocycles. The first-order valence-corrected chi connectivity index (χ1v) is 13.6. The topological polar surface area (TPSA) is 91.6 Å². The molecule has 0 atom stereocenters. The molecular weight excluding hydrogens is 557 g/mol. The Morgan fingerprint density at radius 2 is 1.65 bits per heavy atom. The molecule has 0 aliphatic heterocycles. The minimum Gasteiger partial charge on any atom is -0.326 e. The van der Waals surface area contributed by atoms with Crippen molar-refractivity contribution < 1.29 is 22.8 Å². The standard InChI is InChI=1S/C32H29F3N6O2/c1-40(2)17-5-10-29(42)38-25-13-11-21(12-14-25)27-20-37-41-28(15-16-36-30(27)41)22-6-4-9-26(19-22)39-31(43)23-7-3-8-24(18-23)32(33,34)35/h3-4,6-9,11-16,18-20H,5,10,17H2,1-2H3,(H,38,42)(H,39,43). The third-order valence-electron chi connectivity index (χ3n) is 6.76. The van der Waals surface area contributed by atoms with Gasteiger partial charge in [0.05, 0.1) is 17.5 Å². The van der Waals surface area contributed by atoms with Gasteiger partial charge in [-0.05, 0) is 81.2 Å². The van der Waals surface area contributed by atoms with Gasteiger partial charge in [0.25, 0.3) is 5.91 Å². The molecule has 0 radical (unpaired) electrons. The number of nitrogens with zero attached hydrogens (tertiary/aromatic N) is 4. The van der Waals surface area contributed by atoms with Crippen LogP contribution in [0.3, 0.4) is 0 Å². The van der Waals surface area contributed by atoms with Gasteiger partial charge in [-0.2, -0.15) is 18.3 Å². The molecule has 43 heavy (non-hydrogen) atoms. The second kappa shape index (κ2) is 12.5. The van der Waals surface area contributed by atoms with Gasteiger partial charge in [-0.3, -0.25) is 9.59 Å². The van der Waals surface area contributed by atoms with Gasteiger partial charge in [0.2, 0.25) is 5.91 Å². The summed E-state index contributed by atoms with van der Waals surface area (Å²) < 4.78 is 41.0. The van der Waals surface area contributed by atoms with Crippen molar-refractivity contribution in [1.29, 1.82) is 0 Å². The molecule has 2 heterocycles. The Morgan fingerprint density at radius 1 is 0.884 bits per heavy atom. The smallest absolute Gasteiger partial charge is 0.326 e. The van der Waals surface area contributed by atoms with Crippen LogP contribution < -0.4 is 10.6 Å². The summed E-state index contributed by atoms with van der Waals surface area (Å²) in [6, 6.07) is 20.5. The summed E-state index contributed by atoms with van der Waals surface area (Å²) in [5, 5.41) is 10.1. The maximum absolute atomic E-state index is 13.1. The number of nitrogens with one attached hydrogen (secondary N) is 2. The summed E-state index contributed by atoms with van der Waals surface area (Å²) in [5.41, 5.74) is 3.81. The number of benzene rings is 3. The van der Waals surface area contributed by atoms with E-state index in [-0.39, 0.29) is 11.5 Å². The molecule has 220 valence electrons. The molecule has 0 unspecified atom stereocenters. The van der Waals surface area contributed by atoms with Gasteiger partial charge in [-0.15, -0.1) is 0 Å². The SMILES string of the molecule is CN(C)CCCC(=O)Nc1ccc(-c2cnn3c(-c4cccc(NC(=O)c5cccc(C(F)(F)F)c5)c4)ccnc23)cc1. The maximum Gasteiger partial charge on any atom is 0.416 e. The summed E-state index contributed by atoms with van der Waals surface area (Å²) in [7, 11) is 3.94. The first kappa shape index (κ1) is 29.5. The molecule has 2 amide bonds. The fourth-order valence-electron chi connectivity index (χ4n) is 4.62. The molecule has 0 aliphatic rings. The van der Waals surface area contributed by atoms with E-state index in [1.165, 1.54) is 12.1 Å². The summed E-state index contributed by atoms with van der Waals surface area (Å²) >= 11 is 0. The summed E-state index contributed by atoms with van der Waals surface area (Å²) in [6.45, 7) is 0.842. The number of alkyl halides is 3. The highest BCUT2D eigenvalue weighted by Crippen LogP contribution is 2.31. The molecule has 0 fully saturated rings. The second-order valence-corrected chi connectivity index (χ2v) is 10.3. The Morgan fingerprint density at radius 3 is 2.40 bits per heavy atom. The van der Waals surface area contributed by atoms with Crippen LogP contribution in [0.25, 0.3) is 28.0 Å².